The Morgan fingerprint density at radius 3 is 2.58 bits per heavy atom. The Bertz CT molecular complexity index is 614. The molecular weight excluding hydrogens is 285 g/mol. The van der Waals surface area contributed by atoms with Crippen LogP contribution < -0.4 is 10.5 Å². The van der Waals surface area contributed by atoms with E-state index in [-0.39, 0.29) is 6.61 Å². The lowest BCUT2D eigenvalue weighted by Crippen LogP contribution is -2.14. The first-order chi connectivity index (χ1) is 9.09. The van der Waals surface area contributed by atoms with Crippen molar-refractivity contribution in [2.24, 2.45) is 5.73 Å². The van der Waals surface area contributed by atoms with Crippen molar-refractivity contribution in [2.75, 3.05) is 0 Å². The van der Waals surface area contributed by atoms with Crippen molar-refractivity contribution < 1.29 is 9.53 Å². The highest BCUT2D eigenvalue weighted by atomic mass is 35.5. The van der Waals surface area contributed by atoms with Crippen LogP contribution in [0.15, 0.2) is 42.5 Å². The van der Waals surface area contributed by atoms with Crippen molar-refractivity contribution in [3.05, 3.63) is 63.6 Å². The molecule has 0 aliphatic rings. The van der Waals surface area contributed by atoms with Crippen LogP contribution in [0.3, 0.4) is 0 Å². The molecule has 0 atom stereocenters. The fraction of sp³-hybridized carbons (Fsp3) is 0.0714. The summed E-state index contributed by atoms with van der Waals surface area (Å²) in [4.78, 5) is 11.3. The molecule has 0 aromatic heterocycles. The quantitative estimate of drug-likeness (QED) is 0.935. The summed E-state index contributed by atoms with van der Waals surface area (Å²) in [6, 6.07) is 12.1. The Balaban J connectivity index is 2.19. The molecule has 0 radical (unpaired) electrons. The van der Waals surface area contributed by atoms with Gasteiger partial charge in [-0.25, -0.2) is 0 Å². The van der Waals surface area contributed by atoms with E-state index in [0.29, 0.717) is 26.9 Å². The molecule has 0 bridgehead atoms. The number of carbonyl (C=O) groups is 1. The van der Waals surface area contributed by atoms with Crippen LogP contribution in [0.2, 0.25) is 10.0 Å². The van der Waals surface area contributed by atoms with Gasteiger partial charge in [-0.15, -0.1) is 0 Å². The van der Waals surface area contributed by atoms with Gasteiger partial charge < -0.3 is 10.5 Å². The molecule has 0 saturated carbocycles. The number of halogens is 2. The van der Waals surface area contributed by atoms with Gasteiger partial charge in [-0.3, -0.25) is 4.79 Å². The molecule has 2 aromatic carbocycles. The standard InChI is InChI=1S/C14H11Cl2NO2/c15-11-6-3-7-12(13(11)16)19-8-9-4-1-2-5-10(9)14(17)18/h1-7H,8H2,(H2,17,18). The summed E-state index contributed by atoms with van der Waals surface area (Å²) in [6.07, 6.45) is 0. The number of amides is 1. The van der Waals surface area contributed by atoms with Gasteiger partial charge in [0.25, 0.3) is 0 Å². The maximum Gasteiger partial charge on any atom is 0.249 e. The Labute approximate surface area is 120 Å². The maximum atomic E-state index is 11.3. The van der Waals surface area contributed by atoms with Crippen LogP contribution in [0.1, 0.15) is 15.9 Å². The van der Waals surface area contributed by atoms with Crippen molar-refractivity contribution in [3.63, 3.8) is 0 Å². The minimum absolute atomic E-state index is 0.194. The minimum atomic E-state index is -0.489. The van der Waals surface area contributed by atoms with E-state index in [2.05, 4.69) is 0 Å². The first-order valence-electron chi connectivity index (χ1n) is 5.54. The van der Waals surface area contributed by atoms with Crippen molar-refractivity contribution in [2.45, 2.75) is 6.61 Å². The van der Waals surface area contributed by atoms with E-state index < -0.39 is 5.91 Å². The van der Waals surface area contributed by atoms with Crippen LogP contribution >= 0.6 is 23.2 Å². The molecule has 2 aromatic rings. The van der Waals surface area contributed by atoms with E-state index >= 15 is 0 Å². The Morgan fingerprint density at radius 1 is 1.11 bits per heavy atom. The number of ether oxygens (including phenoxy) is 1. The van der Waals surface area contributed by atoms with Crippen molar-refractivity contribution in [1.82, 2.24) is 0 Å². The van der Waals surface area contributed by atoms with Gasteiger partial charge in [0.1, 0.15) is 17.4 Å². The second-order valence-electron chi connectivity index (χ2n) is 3.86. The predicted molar refractivity (Wildman–Crippen MR) is 75.8 cm³/mol. The summed E-state index contributed by atoms with van der Waals surface area (Å²) in [7, 11) is 0. The third-order valence-electron chi connectivity index (χ3n) is 2.58. The topological polar surface area (TPSA) is 52.3 Å². The SMILES string of the molecule is NC(=O)c1ccccc1COc1cccc(Cl)c1Cl. The molecule has 0 aliphatic carbocycles. The number of hydrogen-bond donors (Lipinski definition) is 1. The lowest BCUT2D eigenvalue weighted by molar-refractivity contribution is 0.0998. The first-order valence-corrected chi connectivity index (χ1v) is 6.29. The fourth-order valence-electron chi connectivity index (χ4n) is 1.64. The largest absolute Gasteiger partial charge is 0.487 e. The molecule has 0 fully saturated rings. The second kappa shape index (κ2) is 5.95. The van der Waals surface area contributed by atoms with Gasteiger partial charge in [0.15, 0.2) is 0 Å². The summed E-state index contributed by atoms with van der Waals surface area (Å²) >= 11 is 11.9. The van der Waals surface area contributed by atoms with Crippen LogP contribution in [0.4, 0.5) is 0 Å². The number of primary amides is 1. The smallest absolute Gasteiger partial charge is 0.249 e. The highest BCUT2D eigenvalue weighted by Gasteiger charge is 2.09. The van der Waals surface area contributed by atoms with E-state index in [1.807, 2.05) is 6.07 Å². The molecule has 98 valence electrons. The molecule has 2 rings (SSSR count). The molecule has 0 saturated heterocycles. The van der Waals surface area contributed by atoms with E-state index in [1.165, 1.54) is 0 Å². The van der Waals surface area contributed by atoms with Crippen LogP contribution in [0.5, 0.6) is 5.75 Å². The van der Waals surface area contributed by atoms with E-state index in [9.17, 15) is 4.79 Å². The highest BCUT2D eigenvalue weighted by Crippen LogP contribution is 2.32. The minimum Gasteiger partial charge on any atom is -0.487 e. The van der Waals surface area contributed by atoms with Crippen LogP contribution in [-0.4, -0.2) is 5.91 Å². The van der Waals surface area contributed by atoms with Crippen LogP contribution in [0.25, 0.3) is 0 Å². The molecule has 0 aliphatic heterocycles. The lowest BCUT2D eigenvalue weighted by Gasteiger charge is -2.10. The van der Waals surface area contributed by atoms with Gasteiger partial charge in [0.05, 0.1) is 5.02 Å². The Hall–Kier alpha value is -1.71. The first kappa shape index (κ1) is 13.7. The molecule has 0 spiro atoms. The fourth-order valence-corrected chi connectivity index (χ4v) is 1.98. The van der Waals surface area contributed by atoms with Gasteiger partial charge in [-0.2, -0.15) is 0 Å². The van der Waals surface area contributed by atoms with Gasteiger partial charge in [-0.1, -0.05) is 47.5 Å². The van der Waals surface area contributed by atoms with Gasteiger partial charge in [0.2, 0.25) is 5.91 Å². The number of benzene rings is 2. The zero-order valence-corrected chi connectivity index (χ0v) is 11.4. The Morgan fingerprint density at radius 2 is 1.84 bits per heavy atom. The zero-order valence-electron chi connectivity index (χ0n) is 9.90. The van der Waals surface area contributed by atoms with Crippen molar-refractivity contribution in [3.8, 4) is 5.75 Å². The monoisotopic (exact) mass is 295 g/mol. The third-order valence-corrected chi connectivity index (χ3v) is 3.38. The number of rotatable bonds is 4. The lowest BCUT2D eigenvalue weighted by atomic mass is 10.1. The molecular formula is C14H11Cl2NO2. The van der Waals surface area contributed by atoms with Gasteiger partial charge in [-0.05, 0) is 18.2 Å². The molecule has 2 N–H and O–H groups in total. The molecule has 3 nitrogen and oxygen atoms in total. The van der Waals surface area contributed by atoms with E-state index in [1.54, 1.807) is 36.4 Å². The highest BCUT2D eigenvalue weighted by molar-refractivity contribution is 6.42. The molecule has 19 heavy (non-hydrogen) atoms. The summed E-state index contributed by atoms with van der Waals surface area (Å²) < 4.78 is 5.57. The molecule has 5 heteroatoms. The summed E-state index contributed by atoms with van der Waals surface area (Å²) in [5, 5.41) is 0.767. The van der Waals surface area contributed by atoms with Gasteiger partial charge >= 0.3 is 0 Å². The number of carbonyl (C=O) groups excluding carboxylic acids is 1. The average Bonchev–Trinajstić information content (AvgIpc) is 2.40. The Kier molecular flexibility index (Phi) is 4.30. The van der Waals surface area contributed by atoms with Crippen LogP contribution in [0, 0.1) is 0 Å². The maximum absolute atomic E-state index is 11.3. The van der Waals surface area contributed by atoms with Crippen LogP contribution in [-0.2, 0) is 6.61 Å². The molecule has 0 heterocycles. The predicted octanol–water partition coefficient (Wildman–Crippen LogP) is 3.67. The van der Waals surface area contributed by atoms with Gasteiger partial charge in [0, 0.05) is 11.1 Å². The third kappa shape index (κ3) is 3.19. The normalized spacial score (nSPS) is 10.2. The molecule has 0 unspecified atom stereocenters. The average molecular weight is 296 g/mol. The second-order valence-corrected chi connectivity index (χ2v) is 4.65. The van der Waals surface area contributed by atoms with E-state index in [0.717, 1.165) is 0 Å². The number of nitrogens with two attached hydrogens (primary N) is 1. The molecule has 1 amide bonds. The number of hydrogen-bond acceptors (Lipinski definition) is 2. The van der Waals surface area contributed by atoms with Crippen molar-refractivity contribution >= 4 is 29.1 Å². The summed E-state index contributed by atoms with van der Waals surface area (Å²) in [5.41, 5.74) is 6.43. The van der Waals surface area contributed by atoms with E-state index in [4.69, 9.17) is 33.7 Å². The summed E-state index contributed by atoms with van der Waals surface area (Å²) in [5.74, 6) is -0.0233. The van der Waals surface area contributed by atoms with Crippen molar-refractivity contribution in [1.29, 1.82) is 0 Å². The zero-order chi connectivity index (χ0) is 13.8. The summed E-state index contributed by atoms with van der Waals surface area (Å²) in [6.45, 7) is 0.194.